The van der Waals surface area contributed by atoms with Gasteiger partial charge in [0.2, 0.25) is 0 Å². The molecule has 1 aromatic heterocycles. The maximum Gasteiger partial charge on any atom is 0.411 e. The van der Waals surface area contributed by atoms with Crippen LogP contribution in [-0.4, -0.2) is 44.8 Å². The number of amides is 1. The molecule has 0 unspecified atom stereocenters. The molecule has 1 amide bonds. The summed E-state index contributed by atoms with van der Waals surface area (Å²) in [6, 6.07) is 10.7. The summed E-state index contributed by atoms with van der Waals surface area (Å²) in [5.41, 5.74) is 1.64. The number of nitrogens with zero attached hydrogens (tertiary/aromatic N) is 1. The van der Waals surface area contributed by atoms with E-state index in [0.29, 0.717) is 36.0 Å². The zero-order valence-electron chi connectivity index (χ0n) is 16.6. The molecule has 2 rings (SSSR count). The second-order valence-corrected chi connectivity index (χ2v) is 7.31. The van der Waals surface area contributed by atoms with Crippen molar-refractivity contribution in [2.75, 3.05) is 26.7 Å². The van der Waals surface area contributed by atoms with E-state index in [9.17, 15) is 18.0 Å². The van der Waals surface area contributed by atoms with Crippen molar-refractivity contribution in [3.8, 4) is 0 Å². The summed E-state index contributed by atoms with van der Waals surface area (Å²) < 4.78 is 40.9. The predicted octanol–water partition coefficient (Wildman–Crippen LogP) is 3.31. The van der Waals surface area contributed by atoms with E-state index in [0.717, 1.165) is 12.0 Å². The molecule has 0 aliphatic rings. The highest BCUT2D eigenvalue weighted by molar-refractivity contribution is 7.12. The number of alkyl halides is 3. The van der Waals surface area contributed by atoms with Gasteiger partial charge in [-0.25, -0.2) is 0 Å². The quantitative estimate of drug-likeness (QED) is 0.300. The number of hydrogen-bond acceptors (Lipinski definition) is 4. The first-order chi connectivity index (χ1) is 14.4. The standard InChI is InChI=1S/C20H25F3N4O2S/c1-24-19(26-10-3-9-25-18(28)17-4-2-11-30-17)27-12-15-5-7-16(8-6-15)13-29-14-20(21,22)23/h2,4-8,11H,3,9-10,12-14H2,1H3,(H,25,28)(H2,24,26,27). The number of carbonyl (C=O) groups is 1. The van der Waals surface area contributed by atoms with Crippen LogP contribution in [0.1, 0.15) is 27.2 Å². The first-order valence-corrected chi connectivity index (χ1v) is 10.2. The maximum absolute atomic E-state index is 12.1. The summed E-state index contributed by atoms with van der Waals surface area (Å²) in [7, 11) is 1.66. The zero-order valence-corrected chi connectivity index (χ0v) is 17.4. The highest BCUT2D eigenvalue weighted by atomic mass is 32.1. The first kappa shape index (κ1) is 23.7. The second-order valence-electron chi connectivity index (χ2n) is 6.36. The normalized spacial score (nSPS) is 11.9. The van der Waals surface area contributed by atoms with Crippen LogP contribution in [-0.2, 0) is 17.9 Å². The molecule has 0 bridgehead atoms. The zero-order chi connectivity index (χ0) is 21.8. The van der Waals surface area contributed by atoms with Crippen molar-refractivity contribution in [1.82, 2.24) is 16.0 Å². The van der Waals surface area contributed by atoms with E-state index >= 15 is 0 Å². The molecule has 0 aliphatic heterocycles. The van der Waals surface area contributed by atoms with Crippen molar-refractivity contribution in [2.24, 2.45) is 4.99 Å². The van der Waals surface area contributed by atoms with E-state index in [1.54, 1.807) is 25.2 Å². The summed E-state index contributed by atoms with van der Waals surface area (Å²) in [6.45, 7) is 0.367. The first-order valence-electron chi connectivity index (χ1n) is 9.36. The van der Waals surface area contributed by atoms with Gasteiger partial charge in [-0.15, -0.1) is 11.3 Å². The van der Waals surface area contributed by atoms with E-state index in [1.807, 2.05) is 23.6 Å². The van der Waals surface area contributed by atoms with Crippen molar-refractivity contribution < 1.29 is 22.7 Å². The fourth-order valence-corrected chi connectivity index (χ4v) is 3.08. The molecule has 3 N–H and O–H groups in total. The lowest BCUT2D eigenvalue weighted by atomic mass is 10.1. The molecule has 6 nitrogen and oxygen atoms in total. The second kappa shape index (κ2) is 12.2. The molecule has 1 aromatic carbocycles. The van der Waals surface area contributed by atoms with Gasteiger partial charge in [0.05, 0.1) is 11.5 Å². The van der Waals surface area contributed by atoms with Gasteiger partial charge in [0.25, 0.3) is 5.91 Å². The fourth-order valence-electron chi connectivity index (χ4n) is 2.44. The third kappa shape index (κ3) is 9.27. The molecule has 0 atom stereocenters. The number of aliphatic imine (C=N–C) groups is 1. The summed E-state index contributed by atoms with van der Waals surface area (Å²) in [5, 5.41) is 11.1. The monoisotopic (exact) mass is 442 g/mol. The number of guanidine groups is 1. The highest BCUT2D eigenvalue weighted by Gasteiger charge is 2.27. The summed E-state index contributed by atoms with van der Waals surface area (Å²) in [6.07, 6.45) is -3.58. The summed E-state index contributed by atoms with van der Waals surface area (Å²) in [4.78, 5) is 16.7. The molecule has 2 aromatic rings. The minimum absolute atomic E-state index is 0.0697. The van der Waals surface area contributed by atoms with Crippen molar-refractivity contribution >= 4 is 23.2 Å². The number of ether oxygens (including phenoxy) is 1. The van der Waals surface area contributed by atoms with Crippen molar-refractivity contribution in [3.63, 3.8) is 0 Å². The van der Waals surface area contributed by atoms with Gasteiger partial charge >= 0.3 is 6.18 Å². The van der Waals surface area contributed by atoms with E-state index < -0.39 is 12.8 Å². The van der Waals surface area contributed by atoms with Gasteiger partial charge in [0, 0.05) is 26.7 Å². The van der Waals surface area contributed by atoms with E-state index in [-0.39, 0.29) is 12.5 Å². The van der Waals surface area contributed by atoms with Crippen molar-refractivity contribution in [2.45, 2.75) is 25.7 Å². The Kier molecular flexibility index (Phi) is 9.62. The Labute approximate surface area is 177 Å². The number of rotatable bonds is 10. The van der Waals surface area contributed by atoms with Crippen LogP contribution in [0.2, 0.25) is 0 Å². The van der Waals surface area contributed by atoms with Gasteiger partial charge in [-0.2, -0.15) is 13.2 Å². The van der Waals surface area contributed by atoms with Crippen LogP contribution in [0.3, 0.4) is 0 Å². The van der Waals surface area contributed by atoms with Crippen molar-refractivity contribution in [1.29, 1.82) is 0 Å². The molecule has 1 heterocycles. The van der Waals surface area contributed by atoms with Crippen LogP contribution in [0.15, 0.2) is 46.8 Å². The fraction of sp³-hybridized carbons (Fsp3) is 0.400. The molecule has 0 radical (unpaired) electrons. The Morgan fingerprint density at radius 1 is 1.07 bits per heavy atom. The van der Waals surface area contributed by atoms with E-state index in [2.05, 4.69) is 25.7 Å². The van der Waals surface area contributed by atoms with Crippen LogP contribution in [0.25, 0.3) is 0 Å². The average Bonchev–Trinajstić information content (AvgIpc) is 3.25. The van der Waals surface area contributed by atoms with Gasteiger partial charge in [-0.3, -0.25) is 9.79 Å². The number of nitrogens with one attached hydrogen (secondary N) is 3. The summed E-state index contributed by atoms with van der Waals surface area (Å²) in [5.74, 6) is 0.553. The molecule has 0 spiro atoms. The largest absolute Gasteiger partial charge is 0.411 e. The van der Waals surface area contributed by atoms with Gasteiger partial charge in [-0.1, -0.05) is 30.3 Å². The van der Waals surface area contributed by atoms with Gasteiger partial charge in [0.1, 0.15) is 6.61 Å². The molecular weight excluding hydrogens is 417 g/mol. The van der Waals surface area contributed by atoms with Gasteiger partial charge in [-0.05, 0) is 29.0 Å². The van der Waals surface area contributed by atoms with Gasteiger partial charge in [0.15, 0.2) is 5.96 Å². The number of benzene rings is 1. The molecule has 0 aliphatic carbocycles. The van der Waals surface area contributed by atoms with E-state index in [1.165, 1.54) is 11.3 Å². The molecule has 0 fully saturated rings. The third-order valence-electron chi connectivity index (χ3n) is 3.92. The number of hydrogen-bond donors (Lipinski definition) is 3. The van der Waals surface area contributed by atoms with Crippen LogP contribution in [0, 0.1) is 0 Å². The Hall–Kier alpha value is -2.59. The topological polar surface area (TPSA) is 74.8 Å². The van der Waals surface area contributed by atoms with Crippen LogP contribution in [0.4, 0.5) is 13.2 Å². The molecule has 30 heavy (non-hydrogen) atoms. The van der Waals surface area contributed by atoms with Crippen LogP contribution < -0.4 is 16.0 Å². The Morgan fingerprint density at radius 3 is 2.40 bits per heavy atom. The molecule has 10 heteroatoms. The molecule has 164 valence electrons. The minimum atomic E-state index is -4.32. The number of thiophene rings is 1. The average molecular weight is 443 g/mol. The van der Waals surface area contributed by atoms with Crippen molar-refractivity contribution in [3.05, 3.63) is 57.8 Å². The smallest absolute Gasteiger partial charge is 0.367 e. The lowest BCUT2D eigenvalue weighted by Gasteiger charge is -2.12. The lowest BCUT2D eigenvalue weighted by Crippen LogP contribution is -2.38. The van der Waals surface area contributed by atoms with Crippen LogP contribution >= 0.6 is 11.3 Å². The van der Waals surface area contributed by atoms with Crippen LogP contribution in [0.5, 0.6) is 0 Å². The molecule has 0 saturated carbocycles. The molecular formula is C20H25F3N4O2S. The third-order valence-corrected chi connectivity index (χ3v) is 4.79. The lowest BCUT2D eigenvalue weighted by molar-refractivity contribution is -0.176. The summed E-state index contributed by atoms with van der Waals surface area (Å²) >= 11 is 1.40. The molecule has 0 saturated heterocycles. The highest BCUT2D eigenvalue weighted by Crippen LogP contribution is 2.15. The Morgan fingerprint density at radius 2 is 1.77 bits per heavy atom. The SMILES string of the molecule is CN=C(NCCCNC(=O)c1cccs1)NCc1ccc(COCC(F)(F)F)cc1. The Balaban J connectivity index is 1.62. The number of halogens is 3. The maximum atomic E-state index is 12.1. The minimum Gasteiger partial charge on any atom is -0.367 e. The number of carbonyl (C=O) groups excluding carboxylic acids is 1. The predicted molar refractivity (Wildman–Crippen MR) is 112 cm³/mol. The Bertz CT molecular complexity index is 793. The van der Waals surface area contributed by atoms with E-state index in [4.69, 9.17) is 0 Å². The van der Waals surface area contributed by atoms with Gasteiger partial charge < -0.3 is 20.7 Å².